The van der Waals surface area contributed by atoms with E-state index in [4.69, 9.17) is 5.73 Å². The highest BCUT2D eigenvalue weighted by Gasteiger charge is 2.17. The lowest BCUT2D eigenvalue weighted by Gasteiger charge is -2.23. The lowest BCUT2D eigenvalue weighted by atomic mass is 9.86. The molecule has 0 aromatic heterocycles. The van der Waals surface area contributed by atoms with Crippen LogP contribution >= 0.6 is 0 Å². The topological polar surface area (TPSA) is 26.0 Å². The predicted molar refractivity (Wildman–Crippen MR) is 79.6 cm³/mol. The predicted octanol–water partition coefficient (Wildman–Crippen LogP) is 4.00. The lowest BCUT2D eigenvalue weighted by Crippen LogP contribution is -2.33. The molecule has 18 heavy (non-hydrogen) atoms. The first kappa shape index (κ1) is 13.1. The number of benzene rings is 2. The van der Waals surface area contributed by atoms with Gasteiger partial charge in [-0.25, -0.2) is 0 Å². The standard InChI is InChI=1S/C17H23N/c1-12(2)13(3)17(18)11-15-9-6-8-14-7-4-5-10-16(14)15/h4-10,12-13,17H,11,18H2,1-3H3. The van der Waals surface area contributed by atoms with E-state index in [-0.39, 0.29) is 6.04 Å². The summed E-state index contributed by atoms with van der Waals surface area (Å²) in [7, 11) is 0. The molecule has 0 bridgehead atoms. The summed E-state index contributed by atoms with van der Waals surface area (Å²) in [5, 5.41) is 2.64. The van der Waals surface area contributed by atoms with Crippen molar-refractivity contribution in [2.24, 2.45) is 17.6 Å². The highest BCUT2D eigenvalue weighted by Crippen LogP contribution is 2.22. The highest BCUT2D eigenvalue weighted by atomic mass is 14.6. The number of hydrogen-bond acceptors (Lipinski definition) is 1. The molecule has 0 fully saturated rings. The second-order valence-corrected chi connectivity index (χ2v) is 5.61. The third-order valence-electron chi connectivity index (χ3n) is 4.06. The van der Waals surface area contributed by atoms with Gasteiger partial charge in [0.2, 0.25) is 0 Å². The van der Waals surface area contributed by atoms with Gasteiger partial charge in [-0.3, -0.25) is 0 Å². The molecule has 1 nitrogen and oxygen atoms in total. The van der Waals surface area contributed by atoms with E-state index in [2.05, 4.69) is 63.2 Å². The highest BCUT2D eigenvalue weighted by molar-refractivity contribution is 5.85. The third-order valence-corrected chi connectivity index (χ3v) is 4.06. The molecule has 0 saturated heterocycles. The van der Waals surface area contributed by atoms with Gasteiger partial charge in [0.05, 0.1) is 0 Å². The van der Waals surface area contributed by atoms with Crippen molar-refractivity contribution >= 4 is 10.8 Å². The summed E-state index contributed by atoms with van der Waals surface area (Å²) in [4.78, 5) is 0. The first-order chi connectivity index (χ1) is 8.59. The van der Waals surface area contributed by atoms with Gasteiger partial charge in [-0.1, -0.05) is 63.2 Å². The smallest absolute Gasteiger partial charge is 0.0108 e. The molecule has 0 amide bonds. The van der Waals surface area contributed by atoms with E-state index < -0.39 is 0 Å². The minimum atomic E-state index is 0.232. The maximum Gasteiger partial charge on any atom is 0.0108 e. The van der Waals surface area contributed by atoms with Crippen LogP contribution < -0.4 is 5.73 Å². The zero-order valence-corrected chi connectivity index (χ0v) is 11.6. The van der Waals surface area contributed by atoms with Gasteiger partial charge >= 0.3 is 0 Å². The van der Waals surface area contributed by atoms with Crippen LogP contribution in [0.25, 0.3) is 10.8 Å². The Balaban J connectivity index is 2.27. The van der Waals surface area contributed by atoms with Gasteiger partial charge in [0.25, 0.3) is 0 Å². The molecule has 0 spiro atoms. The summed E-state index contributed by atoms with van der Waals surface area (Å²) in [6, 6.07) is 15.3. The van der Waals surface area contributed by atoms with E-state index in [1.165, 1.54) is 16.3 Å². The summed E-state index contributed by atoms with van der Waals surface area (Å²) in [5.74, 6) is 1.18. The summed E-state index contributed by atoms with van der Waals surface area (Å²) >= 11 is 0. The Morgan fingerprint density at radius 3 is 2.33 bits per heavy atom. The molecule has 2 unspecified atom stereocenters. The molecule has 2 aromatic carbocycles. The molecular weight excluding hydrogens is 218 g/mol. The second-order valence-electron chi connectivity index (χ2n) is 5.61. The lowest BCUT2D eigenvalue weighted by molar-refractivity contribution is 0.345. The van der Waals surface area contributed by atoms with E-state index in [1.807, 2.05) is 0 Å². The summed E-state index contributed by atoms with van der Waals surface area (Å²) in [5.41, 5.74) is 7.71. The van der Waals surface area contributed by atoms with Crippen molar-refractivity contribution < 1.29 is 0 Å². The molecule has 2 atom stereocenters. The van der Waals surface area contributed by atoms with Crippen molar-refractivity contribution in [3.05, 3.63) is 48.0 Å². The average Bonchev–Trinajstić information content (AvgIpc) is 2.38. The second kappa shape index (κ2) is 5.53. The molecule has 0 aliphatic carbocycles. The Hall–Kier alpha value is -1.34. The Labute approximate surface area is 110 Å². The van der Waals surface area contributed by atoms with Crippen molar-refractivity contribution in [1.29, 1.82) is 0 Å². The number of hydrogen-bond donors (Lipinski definition) is 1. The first-order valence-corrected chi connectivity index (χ1v) is 6.82. The van der Waals surface area contributed by atoms with Gasteiger partial charge in [-0.05, 0) is 34.6 Å². The molecule has 2 aromatic rings. The number of nitrogens with two attached hydrogens (primary N) is 1. The average molecular weight is 241 g/mol. The Morgan fingerprint density at radius 1 is 0.944 bits per heavy atom. The molecule has 0 heterocycles. The molecule has 1 heteroatoms. The molecule has 96 valence electrons. The molecule has 0 aliphatic rings. The zero-order chi connectivity index (χ0) is 13.1. The largest absolute Gasteiger partial charge is 0.327 e. The fraction of sp³-hybridized carbons (Fsp3) is 0.412. The van der Waals surface area contributed by atoms with Crippen molar-refractivity contribution in [3.63, 3.8) is 0 Å². The Kier molecular flexibility index (Phi) is 4.03. The van der Waals surface area contributed by atoms with Gasteiger partial charge < -0.3 is 5.73 Å². The minimum absolute atomic E-state index is 0.232. The van der Waals surface area contributed by atoms with E-state index in [9.17, 15) is 0 Å². The van der Waals surface area contributed by atoms with Gasteiger partial charge in [0, 0.05) is 6.04 Å². The number of fused-ring (bicyclic) bond motifs is 1. The molecule has 0 aliphatic heterocycles. The van der Waals surface area contributed by atoms with Gasteiger partial charge in [0.1, 0.15) is 0 Å². The molecule has 0 radical (unpaired) electrons. The van der Waals surface area contributed by atoms with Crippen molar-refractivity contribution in [1.82, 2.24) is 0 Å². The Morgan fingerprint density at radius 2 is 1.61 bits per heavy atom. The fourth-order valence-electron chi connectivity index (χ4n) is 2.40. The van der Waals surface area contributed by atoms with E-state index in [0.717, 1.165) is 6.42 Å². The third kappa shape index (κ3) is 2.73. The quantitative estimate of drug-likeness (QED) is 0.860. The van der Waals surface area contributed by atoms with Crippen molar-refractivity contribution in [3.8, 4) is 0 Å². The van der Waals surface area contributed by atoms with Crippen LogP contribution in [-0.4, -0.2) is 6.04 Å². The maximum atomic E-state index is 6.34. The summed E-state index contributed by atoms with van der Waals surface area (Å²) < 4.78 is 0. The Bertz CT molecular complexity index is 511. The monoisotopic (exact) mass is 241 g/mol. The van der Waals surface area contributed by atoms with Crippen LogP contribution in [0.2, 0.25) is 0 Å². The van der Waals surface area contributed by atoms with Gasteiger partial charge in [-0.15, -0.1) is 0 Å². The van der Waals surface area contributed by atoms with Crippen molar-refractivity contribution in [2.45, 2.75) is 33.2 Å². The minimum Gasteiger partial charge on any atom is -0.327 e. The van der Waals surface area contributed by atoms with E-state index in [0.29, 0.717) is 11.8 Å². The van der Waals surface area contributed by atoms with Crippen LogP contribution in [0.4, 0.5) is 0 Å². The normalized spacial score (nSPS) is 14.9. The van der Waals surface area contributed by atoms with Crippen LogP contribution in [0.15, 0.2) is 42.5 Å². The van der Waals surface area contributed by atoms with Crippen LogP contribution in [0, 0.1) is 11.8 Å². The summed E-state index contributed by atoms with van der Waals surface area (Å²) in [6.07, 6.45) is 0.959. The van der Waals surface area contributed by atoms with Crippen LogP contribution in [0.1, 0.15) is 26.3 Å². The maximum absolute atomic E-state index is 6.34. The first-order valence-electron chi connectivity index (χ1n) is 6.82. The van der Waals surface area contributed by atoms with E-state index in [1.54, 1.807) is 0 Å². The SMILES string of the molecule is CC(C)C(C)C(N)Cc1cccc2ccccc12. The van der Waals surface area contributed by atoms with Crippen LogP contribution in [0.5, 0.6) is 0 Å². The molecule has 2 rings (SSSR count). The van der Waals surface area contributed by atoms with Crippen LogP contribution in [0.3, 0.4) is 0 Å². The van der Waals surface area contributed by atoms with Crippen LogP contribution in [-0.2, 0) is 6.42 Å². The van der Waals surface area contributed by atoms with Gasteiger partial charge in [0.15, 0.2) is 0 Å². The van der Waals surface area contributed by atoms with Gasteiger partial charge in [-0.2, -0.15) is 0 Å². The molecule has 0 saturated carbocycles. The molecule has 2 N–H and O–H groups in total. The fourth-order valence-corrected chi connectivity index (χ4v) is 2.40. The van der Waals surface area contributed by atoms with E-state index >= 15 is 0 Å². The number of rotatable bonds is 4. The van der Waals surface area contributed by atoms with Crippen molar-refractivity contribution in [2.75, 3.05) is 0 Å². The molecular formula is C17H23N. The zero-order valence-electron chi connectivity index (χ0n) is 11.6. The summed E-state index contributed by atoms with van der Waals surface area (Å²) in [6.45, 7) is 6.74.